The molecule has 3 nitrogen and oxygen atoms in total. The highest BCUT2D eigenvalue weighted by Crippen LogP contribution is 2.38. The quantitative estimate of drug-likeness (QED) is 0.843. The third-order valence-corrected chi connectivity index (χ3v) is 3.46. The van der Waals surface area contributed by atoms with Crippen LogP contribution in [0.15, 0.2) is 18.2 Å². The van der Waals surface area contributed by atoms with Gasteiger partial charge in [-0.05, 0) is 31.5 Å². The molecule has 0 aromatic heterocycles. The van der Waals surface area contributed by atoms with Crippen molar-refractivity contribution in [1.29, 1.82) is 0 Å². The maximum absolute atomic E-state index is 12.6. The summed E-state index contributed by atoms with van der Waals surface area (Å²) in [6.07, 6.45) is -4.53. The van der Waals surface area contributed by atoms with E-state index in [9.17, 15) is 18.0 Å². The number of rotatable bonds is 3. The van der Waals surface area contributed by atoms with Crippen molar-refractivity contribution < 1.29 is 22.7 Å². The van der Waals surface area contributed by atoms with Gasteiger partial charge in [-0.1, -0.05) is 17.7 Å². The van der Waals surface area contributed by atoms with Crippen molar-refractivity contribution >= 4 is 30.0 Å². The molecule has 0 aliphatic heterocycles. The summed E-state index contributed by atoms with van der Waals surface area (Å²) in [5, 5.41) is -0.453. The van der Waals surface area contributed by atoms with Crippen molar-refractivity contribution in [1.82, 2.24) is 0 Å². The Balaban J connectivity index is 0.00000400. The standard InChI is InChI=1S/C13H15ClF3NO2.ClH/c1-12(2,11(19)20-3)10(18)7-4-5-8(9(14)6-7)13(15,16)17;/h4-6,10H,18H2,1-3H3;1H/t10-;/m0./s1. The van der Waals surface area contributed by atoms with Crippen molar-refractivity contribution in [2.24, 2.45) is 11.1 Å². The fourth-order valence-electron chi connectivity index (χ4n) is 1.76. The number of nitrogens with two attached hydrogens (primary N) is 1. The third kappa shape index (κ3) is 4.25. The number of halogens is 5. The number of ether oxygens (including phenoxy) is 1. The number of alkyl halides is 3. The lowest BCUT2D eigenvalue weighted by atomic mass is 9.81. The third-order valence-electron chi connectivity index (χ3n) is 3.15. The normalized spacial score (nSPS) is 13.3. The second-order valence-electron chi connectivity index (χ2n) is 4.93. The first-order chi connectivity index (χ1) is 9.01. The minimum absolute atomic E-state index is 0. The fraction of sp³-hybridized carbons (Fsp3) is 0.462. The van der Waals surface area contributed by atoms with E-state index in [1.165, 1.54) is 13.2 Å². The van der Waals surface area contributed by atoms with Crippen molar-refractivity contribution in [3.63, 3.8) is 0 Å². The van der Waals surface area contributed by atoms with Crippen LogP contribution in [0.3, 0.4) is 0 Å². The monoisotopic (exact) mass is 345 g/mol. The van der Waals surface area contributed by atoms with Gasteiger partial charge < -0.3 is 10.5 Å². The van der Waals surface area contributed by atoms with Gasteiger partial charge >= 0.3 is 12.1 Å². The van der Waals surface area contributed by atoms with E-state index in [0.717, 1.165) is 12.1 Å². The number of benzene rings is 1. The molecule has 0 unspecified atom stereocenters. The summed E-state index contributed by atoms with van der Waals surface area (Å²) in [7, 11) is 1.22. The van der Waals surface area contributed by atoms with Crippen LogP contribution >= 0.6 is 24.0 Å². The van der Waals surface area contributed by atoms with Gasteiger partial charge in [-0.2, -0.15) is 13.2 Å². The summed E-state index contributed by atoms with van der Waals surface area (Å²) in [5.41, 5.74) is 4.24. The highest BCUT2D eigenvalue weighted by Gasteiger charge is 2.38. The Labute approximate surface area is 132 Å². The molecule has 1 atom stereocenters. The molecule has 0 heterocycles. The van der Waals surface area contributed by atoms with Gasteiger partial charge in [0, 0.05) is 6.04 Å². The van der Waals surface area contributed by atoms with Crippen LogP contribution in [-0.2, 0) is 15.7 Å². The smallest absolute Gasteiger partial charge is 0.417 e. The number of hydrogen-bond acceptors (Lipinski definition) is 3. The molecule has 21 heavy (non-hydrogen) atoms. The average Bonchev–Trinajstić information content (AvgIpc) is 2.34. The van der Waals surface area contributed by atoms with E-state index in [1.54, 1.807) is 13.8 Å². The van der Waals surface area contributed by atoms with Crippen LogP contribution in [0.25, 0.3) is 0 Å². The Hall–Kier alpha value is -0.980. The largest absolute Gasteiger partial charge is 0.469 e. The van der Waals surface area contributed by atoms with E-state index >= 15 is 0 Å². The van der Waals surface area contributed by atoms with Gasteiger partial charge in [0.15, 0.2) is 0 Å². The van der Waals surface area contributed by atoms with Gasteiger partial charge in [0.05, 0.1) is 23.1 Å². The molecule has 1 aromatic carbocycles. The molecule has 0 amide bonds. The van der Waals surface area contributed by atoms with Gasteiger partial charge in [-0.25, -0.2) is 0 Å². The van der Waals surface area contributed by atoms with Crippen molar-refractivity contribution in [2.75, 3.05) is 7.11 Å². The second kappa shape index (κ2) is 6.85. The van der Waals surface area contributed by atoms with E-state index in [4.69, 9.17) is 17.3 Å². The molecule has 0 radical (unpaired) electrons. The average molecular weight is 346 g/mol. The molecule has 1 rings (SSSR count). The summed E-state index contributed by atoms with van der Waals surface area (Å²) in [5.74, 6) is -0.555. The van der Waals surface area contributed by atoms with Crippen LogP contribution in [0.1, 0.15) is 31.0 Å². The molecular weight excluding hydrogens is 330 g/mol. The van der Waals surface area contributed by atoms with Gasteiger partial charge in [0.1, 0.15) is 0 Å². The minimum Gasteiger partial charge on any atom is -0.469 e. The van der Waals surface area contributed by atoms with Crippen LogP contribution in [0.4, 0.5) is 13.2 Å². The number of esters is 1. The van der Waals surface area contributed by atoms with Crippen LogP contribution in [0.5, 0.6) is 0 Å². The summed E-state index contributed by atoms with van der Waals surface area (Å²) in [4.78, 5) is 11.6. The van der Waals surface area contributed by atoms with Crippen LogP contribution in [-0.4, -0.2) is 13.1 Å². The Bertz CT molecular complexity index is 519. The molecule has 0 fully saturated rings. The van der Waals surface area contributed by atoms with E-state index in [-0.39, 0.29) is 12.4 Å². The maximum Gasteiger partial charge on any atom is 0.417 e. The Kier molecular flexibility index (Phi) is 6.53. The van der Waals surface area contributed by atoms with Crippen molar-refractivity contribution in [3.8, 4) is 0 Å². The lowest BCUT2D eigenvalue weighted by molar-refractivity contribution is -0.152. The molecule has 0 saturated heterocycles. The molecule has 0 spiro atoms. The lowest BCUT2D eigenvalue weighted by Crippen LogP contribution is -2.37. The molecule has 120 valence electrons. The minimum atomic E-state index is -4.53. The SMILES string of the molecule is COC(=O)C(C)(C)[C@@H](N)c1ccc(C(F)(F)F)c(Cl)c1.Cl. The van der Waals surface area contributed by atoms with Crippen LogP contribution in [0.2, 0.25) is 5.02 Å². The first-order valence-corrected chi connectivity index (χ1v) is 6.10. The van der Waals surface area contributed by atoms with E-state index < -0.39 is 34.2 Å². The highest BCUT2D eigenvalue weighted by molar-refractivity contribution is 6.31. The number of hydrogen-bond donors (Lipinski definition) is 1. The van der Waals surface area contributed by atoms with Gasteiger partial charge in [-0.3, -0.25) is 4.79 Å². The summed E-state index contributed by atoms with van der Waals surface area (Å²) < 4.78 is 42.5. The Morgan fingerprint density at radius 1 is 1.33 bits per heavy atom. The first-order valence-electron chi connectivity index (χ1n) is 5.72. The van der Waals surface area contributed by atoms with Crippen molar-refractivity contribution in [3.05, 3.63) is 34.3 Å². The van der Waals surface area contributed by atoms with E-state index in [1.807, 2.05) is 0 Å². The number of methoxy groups -OCH3 is 1. The Morgan fingerprint density at radius 3 is 2.24 bits per heavy atom. The number of carbonyl (C=O) groups is 1. The molecule has 0 aliphatic carbocycles. The summed E-state index contributed by atoms with van der Waals surface area (Å²) >= 11 is 5.63. The van der Waals surface area contributed by atoms with Crippen LogP contribution in [0, 0.1) is 5.41 Å². The van der Waals surface area contributed by atoms with Crippen molar-refractivity contribution in [2.45, 2.75) is 26.1 Å². The molecule has 1 aromatic rings. The zero-order valence-electron chi connectivity index (χ0n) is 11.6. The maximum atomic E-state index is 12.6. The molecule has 2 N–H and O–H groups in total. The van der Waals surface area contributed by atoms with Gasteiger partial charge in [0.2, 0.25) is 0 Å². The van der Waals surface area contributed by atoms with E-state index in [0.29, 0.717) is 5.56 Å². The zero-order chi connectivity index (χ0) is 15.7. The molecule has 8 heteroatoms. The predicted octanol–water partition coefficient (Wildman–Crippen LogP) is 3.98. The molecule has 0 saturated carbocycles. The van der Waals surface area contributed by atoms with Gasteiger partial charge in [0.25, 0.3) is 0 Å². The zero-order valence-corrected chi connectivity index (χ0v) is 13.2. The molecule has 0 bridgehead atoms. The Morgan fingerprint density at radius 2 is 1.86 bits per heavy atom. The topological polar surface area (TPSA) is 52.3 Å². The number of carbonyl (C=O) groups excluding carboxylic acids is 1. The molecular formula is C13H16Cl2F3NO2. The second-order valence-corrected chi connectivity index (χ2v) is 5.34. The fourth-order valence-corrected chi connectivity index (χ4v) is 2.06. The van der Waals surface area contributed by atoms with Crippen LogP contribution < -0.4 is 5.73 Å². The predicted molar refractivity (Wildman–Crippen MR) is 76.4 cm³/mol. The lowest BCUT2D eigenvalue weighted by Gasteiger charge is -2.29. The first kappa shape index (κ1) is 20.0. The summed E-state index contributed by atoms with van der Waals surface area (Å²) in [6.45, 7) is 3.10. The summed E-state index contributed by atoms with van der Waals surface area (Å²) in [6, 6.07) is 2.35. The highest BCUT2D eigenvalue weighted by atomic mass is 35.5. The van der Waals surface area contributed by atoms with E-state index in [2.05, 4.69) is 4.74 Å². The molecule has 0 aliphatic rings. The van der Waals surface area contributed by atoms with Gasteiger partial charge in [-0.15, -0.1) is 12.4 Å².